The number of aromatic nitrogens is 1. The van der Waals surface area contributed by atoms with Gasteiger partial charge in [0.1, 0.15) is 16.2 Å². The predicted octanol–water partition coefficient (Wildman–Crippen LogP) is 2.99. The fourth-order valence-electron chi connectivity index (χ4n) is 3.44. The summed E-state index contributed by atoms with van der Waals surface area (Å²) in [5, 5.41) is 8.75. The van der Waals surface area contributed by atoms with Gasteiger partial charge in [-0.25, -0.2) is 17.4 Å². The maximum atomic E-state index is 13.4. The van der Waals surface area contributed by atoms with Crippen LogP contribution in [0.4, 0.5) is 0 Å². The molecular formula is C24H26N2O9S2. The van der Waals surface area contributed by atoms with E-state index in [1.807, 2.05) is 0 Å². The number of carboxylic acids is 1. The number of sulfonamides is 1. The highest BCUT2D eigenvalue weighted by Crippen LogP contribution is 2.28. The van der Waals surface area contributed by atoms with Gasteiger partial charge in [0.25, 0.3) is 0 Å². The van der Waals surface area contributed by atoms with Crippen molar-refractivity contribution in [3.05, 3.63) is 89.7 Å². The molecule has 198 valence electrons. The van der Waals surface area contributed by atoms with Crippen LogP contribution < -0.4 is 4.74 Å². The molecule has 1 aromatic heterocycles. The third-order valence-electron chi connectivity index (χ3n) is 5.24. The SMILES string of the molecule is CC(C)(OS(=O)(=O)O)c1ccc(CN(Cc2ccc(OCC(=O)O)cc2)S(=O)(=O)c2cccnc2)cc1. The van der Waals surface area contributed by atoms with Crippen LogP contribution in [0.2, 0.25) is 0 Å². The van der Waals surface area contributed by atoms with Crippen LogP contribution in [0.15, 0.2) is 78.0 Å². The molecule has 37 heavy (non-hydrogen) atoms. The van der Waals surface area contributed by atoms with Crippen molar-refractivity contribution in [2.45, 2.75) is 37.4 Å². The molecule has 0 saturated heterocycles. The number of rotatable bonds is 12. The lowest BCUT2D eigenvalue weighted by molar-refractivity contribution is -0.139. The van der Waals surface area contributed by atoms with Crippen LogP contribution in [-0.4, -0.2) is 48.4 Å². The first-order valence-corrected chi connectivity index (χ1v) is 13.7. The minimum atomic E-state index is -4.69. The van der Waals surface area contributed by atoms with E-state index in [0.717, 1.165) is 0 Å². The van der Waals surface area contributed by atoms with Crippen molar-refractivity contribution in [3.63, 3.8) is 0 Å². The van der Waals surface area contributed by atoms with Gasteiger partial charge in [-0.1, -0.05) is 36.4 Å². The quantitative estimate of drug-likeness (QED) is 0.321. The monoisotopic (exact) mass is 550 g/mol. The lowest BCUT2D eigenvalue weighted by Crippen LogP contribution is -2.30. The zero-order valence-electron chi connectivity index (χ0n) is 20.0. The molecule has 11 nitrogen and oxygen atoms in total. The second kappa shape index (κ2) is 11.4. The van der Waals surface area contributed by atoms with Gasteiger partial charge in [0, 0.05) is 25.5 Å². The van der Waals surface area contributed by atoms with Crippen LogP contribution in [0.5, 0.6) is 5.75 Å². The number of aliphatic carboxylic acids is 1. The van der Waals surface area contributed by atoms with Gasteiger partial charge >= 0.3 is 16.4 Å². The Morgan fingerprint density at radius 1 is 0.946 bits per heavy atom. The third kappa shape index (κ3) is 8.06. The van der Waals surface area contributed by atoms with Crippen LogP contribution in [0.1, 0.15) is 30.5 Å². The molecule has 0 unspecified atom stereocenters. The van der Waals surface area contributed by atoms with Crippen molar-refractivity contribution in [2.24, 2.45) is 0 Å². The van der Waals surface area contributed by atoms with Crippen LogP contribution in [0.25, 0.3) is 0 Å². The molecule has 0 aliphatic heterocycles. The molecule has 0 spiro atoms. The predicted molar refractivity (Wildman–Crippen MR) is 132 cm³/mol. The van der Waals surface area contributed by atoms with E-state index in [2.05, 4.69) is 4.98 Å². The normalized spacial score (nSPS) is 12.4. The molecule has 3 rings (SSSR count). The fraction of sp³-hybridized carbons (Fsp3) is 0.250. The van der Waals surface area contributed by atoms with Gasteiger partial charge in [0.2, 0.25) is 10.0 Å². The zero-order valence-corrected chi connectivity index (χ0v) is 21.6. The van der Waals surface area contributed by atoms with Gasteiger partial charge in [-0.05, 0) is 54.8 Å². The van der Waals surface area contributed by atoms with Crippen LogP contribution in [0.3, 0.4) is 0 Å². The van der Waals surface area contributed by atoms with Gasteiger partial charge in [-0.15, -0.1) is 0 Å². The molecule has 0 amide bonds. The molecule has 2 aromatic carbocycles. The molecule has 2 N–H and O–H groups in total. The summed E-state index contributed by atoms with van der Waals surface area (Å²) in [4.78, 5) is 14.6. The zero-order chi connectivity index (χ0) is 27.3. The Hall–Kier alpha value is -3.36. The number of carbonyl (C=O) groups is 1. The summed E-state index contributed by atoms with van der Waals surface area (Å²) in [5.74, 6) is -0.782. The van der Waals surface area contributed by atoms with E-state index in [-0.39, 0.29) is 18.0 Å². The number of hydrogen-bond acceptors (Lipinski definition) is 8. The summed E-state index contributed by atoms with van der Waals surface area (Å²) in [6.45, 7) is 2.42. The van der Waals surface area contributed by atoms with Gasteiger partial charge in [0.15, 0.2) is 6.61 Å². The molecule has 0 bridgehead atoms. The number of ether oxygens (including phenoxy) is 1. The van der Waals surface area contributed by atoms with E-state index < -0.39 is 38.6 Å². The van der Waals surface area contributed by atoms with Gasteiger partial charge in [0.05, 0.1) is 0 Å². The molecule has 3 aromatic rings. The van der Waals surface area contributed by atoms with E-state index in [0.29, 0.717) is 22.4 Å². The van der Waals surface area contributed by atoms with Gasteiger partial charge < -0.3 is 9.84 Å². The Morgan fingerprint density at radius 2 is 1.51 bits per heavy atom. The summed E-state index contributed by atoms with van der Waals surface area (Å²) in [5.41, 5.74) is 0.347. The molecule has 0 radical (unpaired) electrons. The van der Waals surface area contributed by atoms with Gasteiger partial charge in [-0.3, -0.25) is 9.54 Å². The van der Waals surface area contributed by atoms with Crippen LogP contribution >= 0.6 is 0 Å². The topological polar surface area (TPSA) is 160 Å². The van der Waals surface area contributed by atoms with Crippen molar-refractivity contribution in [1.82, 2.24) is 9.29 Å². The van der Waals surface area contributed by atoms with Crippen molar-refractivity contribution in [3.8, 4) is 5.75 Å². The maximum Gasteiger partial charge on any atom is 0.398 e. The standard InChI is InChI=1S/C24H26N2O9S2/c1-24(2,35-37(31,32)33)20-9-5-18(6-10-20)15-26(36(29,30)22-4-3-13-25-14-22)16-19-7-11-21(12-8-19)34-17-23(27)28/h3-14H,15-17H2,1-2H3,(H,27,28)(H,31,32,33). The first-order valence-electron chi connectivity index (χ1n) is 10.9. The lowest BCUT2D eigenvalue weighted by atomic mass is 9.97. The smallest absolute Gasteiger partial charge is 0.398 e. The highest BCUT2D eigenvalue weighted by molar-refractivity contribution is 7.89. The number of hydrogen-bond donors (Lipinski definition) is 2. The average molecular weight is 551 g/mol. The highest BCUT2D eigenvalue weighted by atomic mass is 32.3. The first kappa shape index (κ1) is 28.2. The second-order valence-electron chi connectivity index (χ2n) is 8.51. The summed E-state index contributed by atoms with van der Waals surface area (Å²) in [7, 11) is -8.65. The van der Waals surface area contributed by atoms with Crippen molar-refractivity contribution in [1.29, 1.82) is 0 Å². The van der Waals surface area contributed by atoms with Crippen molar-refractivity contribution >= 4 is 26.4 Å². The van der Waals surface area contributed by atoms with Crippen molar-refractivity contribution in [2.75, 3.05) is 6.61 Å². The molecule has 0 aliphatic rings. The number of carboxylic acid groups (broad SMARTS) is 1. The number of pyridine rings is 1. The Labute approximate surface area is 215 Å². The molecule has 0 fully saturated rings. The van der Waals surface area contributed by atoms with E-state index in [9.17, 15) is 21.6 Å². The summed E-state index contributed by atoms with van der Waals surface area (Å²) >= 11 is 0. The Kier molecular flexibility index (Phi) is 8.66. The minimum Gasteiger partial charge on any atom is -0.482 e. The van der Waals surface area contributed by atoms with Crippen LogP contribution in [0, 0.1) is 0 Å². The molecule has 1 heterocycles. The maximum absolute atomic E-state index is 13.4. The largest absolute Gasteiger partial charge is 0.482 e. The minimum absolute atomic E-state index is 0.00441. The third-order valence-corrected chi connectivity index (χ3v) is 7.64. The fourth-order valence-corrected chi connectivity index (χ4v) is 5.44. The molecule has 13 heteroatoms. The number of benzene rings is 2. The van der Waals surface area contributed by atoms with E-state index in [1.165, 1.54) is 42.7 Å². The highest BCUT2D eigenvalue weighted by Gasteiger charge is 2.29. The number of nitrogens with zero attached hydrogens (tertiary/aromatic N) is 2. The summed E-state index contributed by atoms with van der Waals surface area (Å²) in [6, 6.07) is 15.8. The molecular weight excluding hydrogens is 524 g/mol. The lowest BCUT2D eigenvalue weighted by Gasteiger charge is -2.25. The van der Waals surface area contributed by atoms with E-state index in [4.69, 9.17) is 18.6 Å². The Bertz CT molecular complexity index is 1420. The summed E-state index contributed by atoms with van der Waals surface area (Å²) in [6.07, 6.45) is 2.72. The Balaban J connectivity index is 1.87. The summed E-state index contributed by atoms with van der Waals surface area (Å²) < 4.78 is 69.4. The molecule has 0 atom stereocenters. The average Bonchev–Trinajstić information content (AvgIpc) is 2.82. The second-order valence-corrected chi connectivity index (χ2v) is 11.5. The van der Waals surface area contributed by atoms with Crippen LogP contribution in [-0.2, 0) is 48.1 Å². The first-order chi connectivity index (χ1) is 17.3. The molecule has 0 aliphatic carbocycles. The van der Waals surface area contributed by atoms with Crippen molar-refractivity contribution < 1.29 is 40.2 Å². The van der Waals surface area contributed by atoms with E-state index in [1.54, 1.807) is 48.5 Å². The Morgan fingerprint density at radius 3 is 2.00 bits per heavy atom. The van der Waals surface area contributed by atoms with E-state index >= 15 is 0 Å². The molecule has 0 saturated carbocycles. The van der Waals surface area contributed by atoms with Gasteiger partial charge in [-0.2, -0.15) is 12.7 Å².